The van der Waals surface area contributed by atoms with Crippen molar-refractivity contribution in [3.8, 4) is 0 Å². The number of aliphatic hydroxyl groups is 3. The van der Waals surface area contributed by atoms with Gasteiger partial charge in [0.05, 0.1) is 23.7 Å². The highest BCUT2D eigenvalue weighted by atomic mass is 16.8. The van der Waals surface area contributed by atoms with Crippen LogP contribution in [-0.4, -0.2) is 111 Å². The minimum Gasteiger partial charge on any atom is -0.459 e. The molecule has 282 valence electrons. The molecule has 8 aliphatic rings. The number of hydrogen-bond donors (Lipinski definition) is 3. The third-order valence-corrected chi connectivity index (χ3v) is 15.2. The SMILES string of the molecule is CC(=O)O[C@@H]1[C@H](O)[C@@H]2C([C@H](OC(C)=O)[C@H](OC(C)=O)[C@@]3(C)[C@H]2[C@@H](O)[C@@H]2[C@@H]3[C@H](C)[C@@H]3O[C@@]34OC(=O)[C@@](C)(O)[C@]24C)[C@]2(C)[C@@H]1C[C@@H]1O[C@@H]1[C@@H]2OC(C)=O. The quantitative estimate of drug-likeness (QED) is 0.204. The van der Waals surface area contributed by atoms with Gasteiger partial charge < -0.3 is 48.5 Å². The van der Waals surface area contributed by atoms with Crippen LogP contribution < -0.4 is 0 Å². The summed E-state index contributed by atoms with van der Waals surface area (Å²) in [6, 6.07) is 0. The Kier molecular flexibility index (Phi) is 7.19. The molecule has 0 aromatic heterocycles. The van der Waals surface area contributed by atoms with E-state index in [4.69, 9.17) is 33.2 Å². The van der Waals surface area contributed by atoms with Gasteiger partial charge >= 0.3 is 29.8 Å². The van der Waals surface area contributed by atoms with Crippen molar-refractivity contribution in [2.45, 2.75) is 135 Å². The number of carbonyl (C=O) groups is 5. The largest absolute Gasteiger partial charge is 0.459 e. The van der Waals surface area contributed by atoms with E-state index < -0.39 is 148 Å². The van der Waals surface area contributed by atoms with Gasteiger partial charge in [-0.3, -0.25) is 19.2 Å². The standard InChI is InChI=1S/C36H48O15/c1-11-19-22(34(8)35(9,44)31(43)51-36(34)28(11)50-36)24(42)20-18-21(27(46-13(3)38)30(33(19,20)7)48-15(5)40)32(6)16(25(23(18)41)45-12(2)37)10-17-26(49-17)29(32)47-14(4)39/h11,16-30,41-42,44H,10H2,1-9H3/t11-,16+,17-,18-,19-,20+,21?,22-,23+,24+,25-,26-,27-,28-,29-,30-,32-,33+,34-,35+,36+/m0/s1. The molecule has 3 aliphatic heterocycles. The van der Waals surface area contributed by atoms with E-state index in [-0.39, 0.29) is 6.10 Å². The number of hydrogen-bond acceptors (Lipinski definition) is 15. The van der Waals surface area contributed by atoms with Crippen LogP contribution in [0, 0.1) is 57.7 Å². The maximum absolute atomic E-state index is 13.4. The van der Waals surface area contributed by atoms with Crippen LogP contribution in [0.15, 0.2) is 0 Å². The predicted octanol–water partition coefficient (Wildman–Crippen LogP) is 0.416. The van der Waals surface area contributed by atoms with Crippen LogP contribution in [0.3, 0.4) is 0 Å². The van der Waals surface area contributed by atoms with Crippen molar-refractivity contribution in [2.75, 3.05) is 0 Å². The van der Waals surface area contributed by atoms with Gasteiger partial charge in [0.1, 0.15) is 36.6 Å². The minimum atomic E-state index is -2.12. The van der Waals surface area contributed by atoms with Gasteiger partial charge in [0.15, 0.2) is 5.60 Å². The first-order valence-electron chi connectivity index (χ1n) is 18.0. The molecule has 5 aliphatic carbocycles. The van der Waals surface area contributed by atoms with Gasteiger partial charge in [0.2, 0.25) is 5.79 Å². The predicted molar refractivity (Wildman–Crippen MR) is 166 cm³/mol. The first kappa shape index (κ1) is 35.2. The topological polar surface area (TPSA) is 217 Å². The third kappa shape index (κ3) is 3.99. The molecule has 8 fully saturated rings. The lowest BCUT2D eigenvalue weighted by atomic mass is 9.40. The van der Waals surface area contributed by atoms with Crippen LogP contribution >= 0.6 is 0 Å². The second kappa shape index (κ2) is 10.4. The molecule has 5 saturated carbocycles. The summed E-state index contributed by atoms with van der Waals surface area (Å²) < 4.78 is 42.5. The summed E-state index contributed by atoms with van der Waals surface area (Å²) in [6.07, 6.45) is -8.73. The smallest absolute Gasteiger partial charge is 0.341 e. The monoisotopic (exact) mass is 720 g/mol. The summed E-state index contributed by atoms with van der Waals surface area (Å²) in [5.74, 6) is -10.8. The first-order valence-corrected chi connectivity index (χ1v) is 18.0. The van der Waals surface area contributed by atoms with Crippen LogP contribution in [0.25, 0.3) is 0 Å². The zero-order chi connectivity index (χ0) is 37.3. The number of fused-ring (bicyclic) bond motifs is 9. The fraction of sp³-hybridized carbons (Fsp3) is 0.861. The Morgan fingerprint density at radius 1 is 0.745 bits per heavy atom. The van der Waals surface area contributed by atoms with Crippen molar-refractivity contribution in [3.63, 3.8) is 0 Å². The molecular formula is C36H48O15. The van der Waals surface area contributed by atoms with Gasteiger partial charge in [-0.25, -0.2) is 4.79 Å². The Morgan fingerprint density at radius 3 is 1.90 bits per heavy atom. The van der Waals surface area contributed by atoms with Crippen molar-refractivity contribution in [2.24, 2.45) is 57.7 Å². The lowest BCUT2D eigenvalue weighted by Crippen LogP contribution is -2.75. The van der Waals surface area contributed by atoms with Crippen molar-refractivity contribution in [1.82, 2.24) is 0 Å². The molecule has 0 aromatic rings. The molecule has 0 bridgehead atoms. The van der Waals surface area contributed by atoms with Gasteiger partial charge in [0.25, 0.3) is 0 Å². The van der Waals surface area contributed by atoms with Crippen LogP contribution in [0.2, 0.25) is 0 Å². The minimum absolute atomic E-state index is 0.316. The second-order valence-corrected chi connectivity index (χ2v) is 17.3. The maximum atomic E-state index is 13.4. The van der Waals surface area contributed by atoms with Crippen LogP contribution in [-0.2, 0) is 57.1 Å². The van der Waals surface area contributed by atoms with E-state index in [9.17, 15) is 39.3 Å². The van der Waals surface area contributed by atoms with E-state index in [0.717, 1.165) is 0 Å². The van der Waals surface area contributed by atoms with Crippen molar-refractivity contribution >= 4 is 29.8 Å². The highest BCUT2D eigenvalue weighted by molar-refractivity contribution is 5.84. The van der Waals surface area contributed by atoms with E-state index in [1.165, 1.54) is 34.6 Å². The molecule has 0 aromatic carbocycles. The van der Waals surface area contributed by atoms with E-state index in [2.05, 4.69) is 0 Å². The lowest BCUT2D eigenvalue weighted by Gasteiger charge is -2.67. The molecule has 3 heterocycles. The fourth-order valence-corrected chi connectivity index (χ4v) is 13.4. The zero-order valence-electron chi connectivity index (χ0n) is 30.2. The summed E-state index contributed by atoms with van der Waals surface area (Å²) in [5.41, 5.74) is -6.19. The molecule has 3 N–H and O–H groups in total. The van der Waals surface area contributed by atoms with Gasteiger partial charge in [-0.2, -0.15) is 0 Å². The van der Waals surface area contributed by atoms with E-state index >= 15 is 0 Å². The molecule has 3 saturated heterocycles. The van der Waals surface area contributed by atoms with Gasteiger partial charge in [-0.15, -0.1) is 0 Å². The molecule has 15 heteroatoms. The Labute approximate surface area is 294 Å². The highest BCUT2D eigenvalue weighted by Gasteiger charge is 2.93. The molecule has 0 radical (unpaired) electrons. The summed E-state index contributed by atoms with van der Waals surface area (Å²) in [4.78, 5) is 65.1. The zero-order valence-corrected chi connectivity index (χ0v) is 30.2. The van der Waals surface area contributed by atoms with E-state index in [0.29, 0.717) is 6.42 Å². The summed E-state index contributed by atoms with van der Waals surface area (Å²) >= 11 is 0. The average Bonchev–Trinajstić information content (AvgIpc) is 3.91. The normalized spacial score (nSPS) is 58.1. The number of esters is 5. The van der Waals surface area contributed by atoms with Crippen molar-refractivity contribution < 1.29 is 72.5 Å². The van der Waals surface area contributed by atoms with Crippen LogP contribution in [0.4, 0.5) is 0 Å². The van der Waals surface area contributed by atoms with E-state index in [1.807, 2.05) is 20.8 Å². The number of rotatable bonds is 4. The van der Waals surface area contributed by atoms with Gasteiger partial charge in [-0.05, 0) is 32.1 Å². The van der Waals surface area contributed by atoms with Gasteiger partial charge in [-0.1, -0.05) is 20.8 Å². The lowest BCUT2D eigenvalue weighted by molar-refractivity contribution is -0.301. The molecule has 1 spiro atoms. The fourth-order valence-electron chi connectivity index (χ4n) is 13.4. The molecule has 15 nitrogen and oxygen atoms in total. The van der Waals surface area contributed by atoms with Crippen LogP contribution in [0.1, 0.15) is 68.7 Å². The van der Waals surface area contributed by atoms with Gasteiger partial charge in [0, 0.05) is 68.1 Å². The third-order valence-electron chi connectivity index (χ3n) is 15.2. The number of aliphatic hydroxyl groups excluding tert-OH is 2. The highest BCUT2D eigenvalue weighted by Crippen LogP contribution is 2.81. The summed E-state index contributed by atoms with van der Waals surface area (Å²) in [7, 11) is 0. The number of carbonyl (C=O) groups excluding carboxylic acids is 5. The average molecular weight is 721 g/mol. The molecule has 0 amide bonds. The Bertz CT molecular complexity index is 1610. The van der Waals surface area contributed by atoms with Crippen molar-refractivity contribution in [3.05, 3.63) is 0 Å². The molecule has 51 heavy (non-hydrogen) atoms. The Hall–Kier alpha value is -2.85. The summed E-state index contributed by atoms with van der Waals surface area (Å²) in [5, 5.41) is 37.5. The number of epoxide rings is 2. The molecule has 21 atom stereocenters. The number of ether oxygens (including phenoxy) is 7. The van der Waals surface area contributed by atoms with E-state index in [1.54, 1.807) is 6.92 Å². The van der Waals surface area contributed by atoms with Crippen molar-refractivity contribution in [1.29, 1.82) is 0 Å². The summed E-state index contributed by atoms with van der Waals surface area (Å²) in [6.45, 7) is 13.5. The first-order chi connectivity index (χ1) is 23.6. The molecular weight excluding hydrogens is 672 g/mol. The second-order valence-electron chi connectivity index (χ2n) is 17.3. The maximum Gasteiger partial charge on any atom is 0.341 e. The van der Waals surface area contributed by atoms with Crippen LogP contribution in [0.5, 0.6) is 0 Å². The molecule has 8 rings (SSSR count). The molecule has 1 unspecified atom stereocenters. The Balaban J connectivity index is 1.39. The Morgan fingerprint density at radius 2 is 1.31 bits per heavy atom.